The van der Waals surface area contributed by atoms with Crippen LogP contribution in [0.3, 0.4) is 0 Å². The van der Waals surface area contributed by atoms with Crippen molar-refractivity contribution in [1.29, 1.82) is 0 Å². The summed E-state index contributed by atoms with van der Waals surface area (Å²) in [6.45, 7) is 0. The third-order valence-corrected chi connectivity index (χ3v) is 7.44. The molecule has 1 heterocycles. The Balaban J connectivity index is 1.66. The maximum absolute atomic E-state index is 11.9. The summed E-state index contributed by atoms with van der Waals surface area (Å²) in [7, 11) is 0. The number of hydrogen-bond donors (Lipinski definition) is 2. The monoisotopic (exact) mass is 478 g/mol. The van der Waals surface area contributed by atoms with Gasteiger partial charge in [0.15, 0.2) is 0 Å². The standard InChI is InChI=1S/C30H30N4O2/c31-28-27-25(18-22-14-8-3-9-15-22)24(17-21-12-6-2-7-13-21)23(16-20-10-4-1-5-11-20)19-26(27)33-30(32)29(28)34(35)36/h1-15,23-25H,16-19H2,(H4,31,32,33). The lowest BCUT2D eigenvalue weighted by Crippen LogP contribution is -2.35. The number of nitro groups is 1. The van der Waals surface area contributed by atoms with E-state index in [0.29, 0.717) is 6.42 Å². The molecule has 1 aromatic heterocycles. The lowest BCUT2D eigenvalue weighted by atomic mass is 9.64. The Kier molecular flexibility index (Phi) is 6.67. The average molecular weight is 479 g/mol. The fraction of sp³-hybridized carbons (Fsp3) is 0.233. The fourth-order valence-electron chi connectivity index (χ4n) is 5.84. The quantitative estimate of drug-likeness (QED) is 0.260. The Hall–Kier alpha value is -4.19. The van der Waals surface area contributed by atoms with Crippen molar-refractivity contribution in [2.75, 3.05) is 11.5 Å². The van der Waals surface area contributed by atoms with Crippen molar-refractivity contribution >= 4 is 17.2 Å². The second-order valence-corrected chi connectivity index (χ2v) is 9.68. The Bertz CT molecular complexity index is 1340. The Morgan fingerprint density at radius 1 is 0.778 bits per heavy atom. The van der Waals surface area contributed by atoms with Crippen molar-refractivity contribution in [1.82, 2.24) is 4.98 Å². The zero-order chi connectivity index (χ0) is 25.1. The molecule has 0 amide bonds. The Labute approximate surface area is 211 Å². The predicted molar refractivity (Wildman–Crippen MR) is 144 cm³/mol. The van der Waals surface area contributed by atoms with Crippen LogP contribution in [0.2, 0.25) is 0 Å². The van der Waals surface area contributed by atoms with Crippen LogP contribution in [-0.4, -0.2) is 9.91 Å². The van der Waals surface area contributed by atoms with Crippen LogP contribution in [0.25, 0.3) is 0 Å². The van der Waals surface area contributed by atoms with Crippen molar-refractivity contribution in [3.05, 3.63) is 129 Å². The highest BCUT2D eigenvalue weighted by molar-refractivity contribution is 5.75. The van der Waals surface area contributed by atoms with Gasteiger partial charge in [0.1, 0.15) is 5.69 Å². The number of nitrogens with zero attached hydrogens (tertiary/aromatic N) is 2. The topological polar surface area (TPSA) is 108 Å². The number of hydrogen-bond acceptors (Lipinski definition) is 5. The Morgan fingerprint density at radius 3 is 1.81 bits per heavy atom. The zero-order valence-corrected chi connectivity index (χ0v) is 20.1. The van der Waals surface area contributed by atoms with Gasteiger partial charge in [-0.2, -0.15) is 0 Å². The highest BCUT2D eigenvalue weighted by Gasteiger charge is 2.41. The molecule has 0 bridgehead atoms. The van der Waals surface area contributed by atoms with Crippen LogP contribution in [-0.2, 0) is 25.7 Å². The van der Waals surface area contributed by atoms with Gasteiger partial charge in [0.25, 0.3) is 0 Å². The SMILES string of the molecule is Nc1nc2c(c(N)c1[N+](=O)[O-])C(Cc1ccccc1)C(Cc1ccccc1)C(Cc1ccccc1)C2. The van der Waals surface area contributed by atoms with Gasteiger partial charge in [0.05, 0.1) is 4.92 Å². The minimum atomic E-state index is -0.500. The first-order valence-corrected chi connectivity index (χ1v) is 12.3. The maximum atomic E-state index is 11.9. The van der Waals surface area contributed by atoms with Crippen molar-refractivity contribution in [2.45, 2.75) is 31.6 Å². The molecule has 3 atom stereocenters. The van der Waals surface area contributed by atoms with Gasteiger partial charge in [0, 0.05) is 11.3 Å². The summed E-state index contributed by atoms with van der Waals surface area (Å²) < 4.78 is 0. The molecule has 3 aromatic carbocycles. The van der Waals surface area contributed by atoms with Crippen LogP contribution >= 0.6 is 0 Å². The van der Waals surface area contributed by atoms with Gasteiger partial charge in [0.2, 0.25) is 5.82 Å². The van der Waals surface area contributed by atoms with Gasteiger partial charge in [-0.3, -0.25) is 10.1 Å². The summed E-state index contributed by atoms with van der Waals surface area (Å²) in [6.07, 6.45) is 3.15. The lowest BCUT2D eigenvalue weighted by Gasteiger charge is -2.40. The highest BCUT2D eigenvalue weighted by Crippen LogP contribution is 2.49. The van der Waals surface area contributed by atoms with E-state index in [4.69, 9.17) is 11.5 Å². The minimum absolute atomic E-state index is 0.0307. The van der Waals surface area contributed by atoms with E-state index in [1.165, 1.54) is 16.7 Å². The second-order valence-electron chi connectivity index (χ2n) is 9.68. The molecular weight excluding hydrogens is 448 g/mol. The van der Waals surface area contributed by atoms with E-state index in [2.05, 4.69) is 65.6 Å². The molecule has 0 spiro atoms. The van der Waals surface area contributed by atoms with Gasteiger partial charge in [-0.15, -0.1) is 0 Å². The first-order valence-electron chi connectivity index (χ1n) is 12.3. The van der Waals surface area contributed by atoms with E-state index in [-0.39, 0.29) is 34.9 Å². The molecule has 6 heteroatoms. The molecule has 4 aromatic rings. The Morgan fingerprint density at radius 2 is 1.28 bits per heavy atom. The number of benzene rings is 3. The summed E-state index contributed by atoms with van der Waals surface area (Å²) in [5, 5.41) is 11.9. The van der Waals surface area contributed by atoms with Crippen LogP contribution < -0.4 is 11.5 Å². The molecule has 5 rings (SSSR count). The molecular formula is C30H30N4O2. The van der Waals surface area contributed by atoms with Gasteiger partial charge in [-0.1, -0.05) is 91.0 Å². The molecule has 6 nitrogen and oxygen atoms in total. The third-order valence-electron chi connectivity index (χ3n) is 7.44. The molecule has 0 fully saturated rings. The number of anilines is 2. The summed E-state index contributed by atoms with van der Waals surface area (Å²) in [4.78, 5) is 16.0. The van der Waals surface area contributed by atoms with Crippen LogP contribution in [0.4, 0.5) is 17.2 Å². The number of aromatic nitrogens is 1. The molecule has 0 radical (unpaired) electrons. The number of nitrogen functional groups attached to an aromatic ring is 2. The van der Waals surface area contributed by atoms with Crippen molar-refractivity contribution in [3.63, 3.8) is 0 Å². The van der Waals surface area contributed by atoms with Gasteiger partial charge < -0.3 is 11.5 Å². The van der Waals surface area contributed by atoms with Crippen molar-refractivity contribution in [2.24, 2.45) is 11.8 Å². The molecule has 0 aliphatic heterocycles. The predicted octanol–water partition coefficient (Wildman–Crippen LogP) is 5.75. The molecule has 4 N–H and O–H groups in total. The number of nitrogens with two attached hydrogens (primary N) is 2. The lowest BCUT2D eigenvalue weighted by molar-refractivity contribution is -0.383. The summed E-state index contributed by atoms with van der Waals surface area (Å²) in [6, 6.07) is 31.2. The van der Waals surface area contributed by atoms with Crippen molar-refractivity contribution in [3.8, 4) is 0 Å². The van der Waals surface area contributed by atoms with Crippen molar-refractivity contribution < 1.29 is 4.92 Å². The molecule has 1 aliphatic rings. The molecule has 1 aliphatic carbocycles. The van der Waals surface area contributed by atoms with Gasteiger partial charge >= 0.3 is 5.69 Å². The third kappa shape index (κ3) is 4.80. The molecule has 3 unspecified atom stereocenters. The summed E-state index contributed by atoms with van der Waals surface area (Å²) >= 11 is 0. The number of pyridine rings is 1. The van der Waals surface area contributed by atoms with Crippen LogP contribution in [0, 0.1) is 22.0 Å². The van der Waals surface area contributed by atoms with Crippen LogP contribution in [0.5, 0.6) is 0 Å². The van der Waals surface area contributed by atoms with Gasteiger partial charge in [-0.05, 0) is 60.1 Å². The average Bonchev–Trinajstić information content (AvgIpc) is 2.87. The molecule has 0 saturated heterocycles. The first-order chi connectivity index (χ1) is 17.5. The minimum Gasteiger partial charge on any atom is -0.393 e. The van der Waals surface area contributed by atoms with Crippen LogP contribution in [0.1, 0.15) is 33.9 Å². The largest absolute Gasteiger partial charge is 0.393 e. The molecule has 0 saturated carbocycles. The van der Waals surface area contributed by atoms with Gasteiger partial charge in [-0.25, -0.2) is 4.98 Å². The highest BCUT2D eigenvalue weighted by atomic mass is 16.6. The van der Waals surface area contributed by atoms with E-state index in [0.717, 1.165) is 30.5 Å². The first kappa shape index (κ1) is 23.5. The van der Waals surface area contributed by atoms with E-state index < -0.39 is 4.92 Å². The number of rotatable bonds is 7. The summed E-state index contributed by atoms with van der Waals surface area (Å²) in [5.74, 6) is 0.362. The van der Waals surface area contributed by atoms with E-state index in [1.807, 2.05) is 30.3 Å². The molecule has 182 valence electrons. The van der Waals surface area contributed by atoms with Crippen LogP contribution in [0.15, 0.2) is 91.0 Å². The normalized spacial score (nSPS) is 18.9. The maximum Gasteiger partial charge on any atom is 0.334 e. The van der Waals surface area contributed by atoms with E-state index in [9.17, 15) is 10.1 Å². The second kappa shape index (κ2) is 10.2. The van der Waals surface area contributed by atoms with E-state index in [1.54, 1.807) is 0 Å². The number of fused-ring (bicyclic) bond motifs is 1. The fourth-order valence-corrected chi connectivity index (χ4v) is 5.84. The zero-order valence-electron chi connectivity index (χ0n) is 20.1. The summed E-state index contributed by atoms with van der Waals surface area (Å²) in [5.41, 5.74) is 17.8. The molecule has 36 heavy (non-hydrogen) atoms. The van der Waals surface area contributed by atoms with E-state index >= 15 is 0 Å². The smallest absolute Gasteiger partial charge is 0.334 e.